The Labute approximate surface area is 170 Å². The zero-order valence-electron chi connectivity index (χ0n) is 16.9. The van der Waals surface area contributed by atoms with Crippen molar-refractivity contribution in [1.29, 1.82) is 0 Å². The number of benzene rings is 2. The van der Waals surface area contributed by atoms with Gasteiger partial charge in [-0.25, -0.2) is 4.68 Å². The molecule has 3 aromatic rings. The number of nitrogens with one attached hydrogen (secondary N) is 1. The molecule has 2 aromatic carbocycles. The minimum atomic E-state index is -0.224. The lowest BCUT2D eigenvalue weighted by Gasteiger charge is -2.10. The Morgan fingerprint density at radius 1 is 1.07 bits per heavy atom. The Balaban J connectivity index is 1.63. The fraction of sp³-hybridized carbons (Fsp3) is 0.261. The summed E-state index contributed by atoms with van der Waals surface area (Å²) in [6, 6.07) is 16.8. The summed E-state index contributed by atoms with van der Waals surface area (Å²) in [7, 11) is 1.61. The van der Waals surface area contributed by atoms with Crippen molar-refractivity contribution >= 4 is 5.91 Å². The van der Waals surface area contributed by atoms with Gasteiger partial charge in [-0.05, 0) is 54.8 Å². The maximum atomic E-state index is 12.2. The summed E-state index contributed by atoms with van der Waals surface area (Å²) in [4.78, 5) is 24.3. The van der Waals surface area contributed by atoms with E-state index >= 15 is 0 Å². The molecule has 6 nitrogen and oxygen atoms in total. The molecule has 0 aliphatic carbocycles. The quantitative estimate of drug-likeness (QED) is 0.671. The number of nitrogens with zero attached hydrogens (tertiary/aromatic N) is 2. The van der Waals surface area contributed by atoms with Gasteiger partial charge in [0.2, 0.25) is 5.91 Å². The zero-order valence-corrected chi connectivity index (χ0v) is 16.9. The lowest BCUT2D eigenvalue weighted by molar-refractivity contribution is -0.121. The van der Waals surface area contributed by atoms with Gasteiger partial charge in [-0.2, -0.15) is 5.10 Å². The van der Waals surface area contributed by atoms with Gasteiger partial charge in [-0.15, -0.1) is 0 Å². The van der Waals surface area contributed by atoms with Crippen LogP contribution in [0.25, 0.3) is 11.3 Å². The van der Waals surface area contributed by atoms with Crippen molar-refractivity contribution in [2.75, 3.05) is 7.11 Å². The summed E-state index contributed by atoms with van der Waals surface area (Å²) in [6.45, 7) is 4.72. The second-order valence-electron chi connectivity index (χ2n) is 6.96. The monoisotopic (exact) mass is 391 g/mol. The molecule has 0 fully saturated rings. The molecular weight excluding hydrogens is 366 g/mol. The molecule has 0 aliphatic heterocycles. The molecule has 6 heteroatoms. The first-order valence-electron chi connectivity index (χ1n) is 9.51. The fourth-order valence-corrected chi connectivity index (χ4v) is 2.94. The number of rotatable bonds is 7. The van der Waals surface area contributed by atoms with E-state index in [1.165, 1.54) is 21.9 Å². The molecule has 1 amide bonds. The number of hydrogen-bond acceptors (Lipinski definition) is 4. The Bertz CT molecular complexity index is 1070. The normalized spacial score (nSPS) is 10.6. The number of amides is 1. The molecule has 0 radical (unpaired) electrons. The smallest absolute Gasteiger partial charge is 0.266 e. The van der Waals surface area contributed by atoms with E-state index < -0.39 is 0 Å². The van der Waals surface area contributed by atoms with Crippen molar-refractivity contribution < 1.29 is 9.53 Å². The number of aryl methyl sites for hydroxylation is 3. The van der Waals surface area contributed by atoms with E-state index in [1.54, 1.807) is 13.2 Å². The van der Waals surface area contributed by atoms with Gasteiger partial charge in [0.25, 0.3) is 5.56 Å². The highest BCUT2D eigenvalue weighted by Crippen LogP contribution is 2.19. The van der Waals surface area contributed by atoms with Crippen LogP contribution in [-0.2, 0) is 17.9 Å². The minimum Gasteiger partial charge on any atom is -0.497 e. The van der Waals surface area contributed by atoms with Gasteiger partial charge in [-0.1, -0.05) is 24.3 Å². The van der Waals surface area contributed by atoms with Crippen molar-refractivity contribution in [3.05, 3.63) is 81.6 Å². The van der Waals surface area contributed by atoms with E-state index in [9.17, 15) is 9.59 Å². The van der Waals surface area contributed by atoms with Crippen molar-refractivity contribution in [2.24, 2.45) is 0 Å². The van der Waals surface area contributed by atoms with Crippen LogP contribution in [0, 0.1) is 13.8 Å². The van der Waals surface area contributed by atoms with Gasteiger partial charge >= 0.3 is 0 Å². The first-order chi connectivity index (χ1) is 14.0. The largest absolute Gasteiger partial charge is 0.497 e. The maximum Gasteiger partial charge on any atom is 0.266 e. The fourth-order valence-electron chi connectivity index (χ4n) is 2.94. The van der Waals surface area contributed by atoms with Gasteiger partial charge in [0.05, 0.1) is 19.3 Å². The molecular formula is C23H25N3O3. The van der Waals surface area contributed by atoms with E-state index in [2.05, 4.69) is 17.3 Å². The van der Waals surface area contributed by atoms with E-state index in [0.717, 1.165) is 16.9 Å². The van der Waals surface area contributed by atoms with Crippen molar-refractivity contribution in [2.45, 2.75) is 33.4 Å². The van der Waals surface area contributed by atoms with Gasteiger partial charge in [0, 0.05) is 24.6 Å². The van der Waals surface area contributed by atoms with Crippen molar-refractivity contribution in [3.63, 3.8) is 0 Å². The van der Waals surface area contributed by atoms with Gasteiger partial charge in [0.15, 0.2) is 0 Å². The summed E-state index contributed by atoms with van der Waals surface area (Å²) in [5.41, 5.74) is 4.76. The molecule has 29 heavy (non-hydrogen) atoms. The third kappa shape index (κ3) is 5.31. The SMILES string of the molecule is COc1cccc(CNC(=O)CCn2nc(-c3ccc(C)c(C)c3)ccc2=O)c1. The van der Waals surface area contributed by atoms with Crippen LogP contribution < -0.4 is 15.6 Å². The van der Waals surface area contributed by atoms with Crippen LogP contribution in [0.5, 0.6) is 5.75 Å². The van der Waals surface area contributed by atoms with E-state index in [1.807, 2.05) is 49.4 Å². The van der Waals surface area contributed by atoms with Crippen LogP contribution in [0.1, 0.15) is 23.1 Å². The number of hydrogen-bond donors (Lipinski definition) is 1. The highest BCUT2D eigenvalue weighted by molar-refractivity contribution is 5.75. The number of carbonyl (C=O) groups excluding carboxylic acids is 1. The zero-order chi connectivity index (χ0) is 20.8. The molecule has 0 aliphatic rings. The molecule has 0 atom stereocenters. The standard InChI is InChI=1S/C23H25N3O3/c1-16-7-8-19(13-17(16)2)21-9-10-23(28)26(25-21)12-11-22(27)24-15-18-5-4-6-20(14-18)29-3/h4-10,13-14H,11-12,15H2,1-3H3,(H,24,27). The van der Waals surface area contributed by atoms with Crippen LogP contribution in [0.3, 0.4) is 0 Å². The third-order valence-corrected chi connectivity index (χ3v) is 4.84. The average molecular weight is 391 g/mol. The molecule has 0 saturated carbocycles. The summed E-state index contributed by atoms with van der Waals surface area (Å²) < 4.78 is 6.53. The predicted molar refractivity (Wildman–Crippen MR) is 113 cm³/mol. The molecule has 0 unspecified atom stereocenters. The van der Waals surface area contributed by atoms with Crippen molar-refractivity contribution in [3.8, 4) is 17.0 Å². The summed E-state index contributed by atoms with van der Waals surface area (Å²) in [5.74, 6) is 0.605. The minimum absolute atomic E-state index is 0.141. The molecule has 1 heterocycles. The van der Waals surface area contributed by atoms with Gasteiger partial charge in [0.1, 0.15) is 5.75 Å². The van der Waals surface area contributed by atoms with Crippen LogP contribution in [0.2, 0.25) is 0 Å². The molecule has 0 bridgehead atoms. The van der Waals surface area contributed by atoms with Crippen LogP contribution >= 0.6 is 0 Å². The Hall–Kier alpha value is -3.41. The lowest BCUT2D eigenvalue weighted by atomic mass is 10.0. The Morgan fingerprint density at radius 3 is 2.66 bits per heavy atom. The third-order valence-electron chi connectivity index (χ3n) is 4.84. The van der Waals surface area contributed by atoms with Gasteiger partial charge < -0.3 is 10.1 Å². The highest BCUT2D eigenvalue weighted by Gasteiger charge is 2.08. The predicted octanol–water partition coefficient (Wildman–Crippen LogP) is 3.24. The molecule has 1 aromatic heterocycles. The molecule has 0 spiro atoms. The maximum absolute atomic E-state index is 12.2. The molecule has 3 rings (SSSR count). The highest BCUT2D eigenvalue weighted by atomic mass is 16.5. The van der Waals surface area contributed by atoms with Gasteiger partial charge in [-0.3, -0.25) is 9.59 Å². The number of aromatic nitrogens is 2. The second-order valence-corrected chi connectivity index (χ2v) is 6.96. The van der Waals surface area contributed by atoms with Crippen molar-refractivity contribution in [1.82, 2.24) is 15.1 Å². The van der Waals surface area contributed by atoms with E-state index in [4.69, 9.17) is 4.74 Å². The lowest BCUT2D eigenvalue weighted by Crippen LogP contribution is -2.28. The van der Waals surface area contributed by atoms with E-state index in [0.29, 0.717) is 12.2 Å². The second kappa shape index (κ2) is 9.19. The first-order valence-corrected chi connectivity index (χ1v) is 9.51. The van der Waals surface area contributed by atoms with E-state index in [-0.39, 0.29) is 24.4 Å². The number of methoxy groups -OCH3 is 1. The molecule has 1 N–H and O–H groups in total. The summed E-state index contributed by atoms with van der Waals surface area (Å²) in [6.07, 6.45) is 0.174. The summed E-state index contributed by atoms with van der Waals surface area (Å²) >= 11 is 0. The topological polar surface area (TPSA) is 73.2 Å². The number of carbonyl (C=O) groups is 1. The Morgan fingerprint density at radius 2 is 1.90 bits per heavy atom. The van der Waals surface area contributed by atoms with Crippen LogP contribution in [-0.4, -0.2) is 22.8 Å². The van der Waals surface area contributed by atoms with Crippen LogP contribution in [0.15, 0.2) is 59.4 Å². The molecule has 0 saturated heterocycles. The van der Waals surface area contributed by atoms with Crippen LogP contribution in [0.4, 0.5) is 0 Å². The molecule has 150 valence electrons. The first kappa shape index (κ1) is 20.3. The summed E-state index contributed by atoms with van der Waals surface area (Å²) in [5, 5.41) is 7.30. The number of ether oxygens (including phenoxy) is 1. The Kier molecular flexibility index (Phi) is 6.44. The average Bonchev–Trinajstić information content (AvgIpc) is 2.73.